The molecule has 1 unspecified atom stereocenters. The summed E-state index contributed by atoms with van der Waals surface area (Å²) in [4.78, 5) is 26.8. The second kappa shape index (κ2) is 5.02. The standard InChI is InChI=1S/C17H17N3OS/c1-9-5-6-11-12(8-9)22-17-13(11)16(21)19-15(20-17)14-10(2)4-3-7-18-14/h3-4,7,9H,5-6,8H2,1-2H3,(H,19,20,21). The van der Waals surface area contributed by atoms with Gasteiger partial charge in [-0.15, -0.1) is 11.3 Å². The largest absolute Gasteiger partial charge is 0.329 e. The molecule has 3 aromatic heterocycles. The molecule has 1 aliphatic rings. The van der Waals surface area contributed by atoms with Crippen molar-refractivity contribution < 1.29 is 0 Å². The average molecular weight is 311 g/mol. The fourth-order valence-electron chi connectivity index (χ4n) is 3.20. The van der Waals surface area contributed by atoms with Crippen LogP contribution in [0.5, 0.6) is 0 Å². The van der Waals surface area contributed by atoms with Gasteiger partial charge in [0.25, 0.3) is 5.56 Å². The van der Waals surface area contributed by atoms with Crippen LogP contribution in [0.3, 0.4) is 0 Å². The van der Waals surface area contributed by atoms with E-state index in [0.29, 0.717) is 11.7 Å². The minimum absolute atomic E-state index is 0.124. The summed E-state index contributed by atoms with van der Waals surface area (Å²) in [5.74, 6) is 1.27. The summed E-state index contributed by atoms with van der Waals surface area (Å²) in [5.41, 5.74) is 2.86. The molecule has 0 saturated heterocycles. The Labute approximate surface area is 132 Å². The molecule has 3 aromatic rings. The molecule has 22 heavy (non-hydrogen) atoms. The number of hydrogen-bond acceptors (Lipinski definition) is 4. The van der Waals surface area contributed by atoms with Crippen LogP contribution in [0.1, 0.15) is 29.3 Å². The quantitative estimate of drug-likeness (QED) is 0.748. The van der Waals surface area contributed by atoms with E-state index in [1.807, 2.05) is 19.1 Å². The lowest BCUT2D eigenvalue weighted by Gasteiger charge is -2.17. The lowest BCUT2D eigenvalue weighted by Crippen LogP contribution is -2.14. The molecule has 0 radical (unpaired) electrons. The van der Waals surface area contributed by atoms with Crippen LogP contribution in [0.25, 0.3) is 21.7 Å². The van der Waals surface area contributed by atoms with Crippen molar-refractivity contribution in [1.29, 1.82) is 0 Å². The molecule has 1 atom stereocenters. The molecule has 0 bridgehead atoms. The zero-order chi connectivity index (χ0) is 15.3. The first-order chi connectivity index (χ1) is 10.6. The number of aromatic nitrogens is 3. The van der Waals surface area contributed by atoms with Gasteiger partial charge in [-0.05, 0) is 49.3 Å². The van der Waals surface area contributed by atoms with Crippen LogP contribution in [-0.2, 0) is 12.8 Å². The lowest BCUT2D eigenvalue weighted by atomic mass is 9.89. The Kier molecular flexibility index (Phi) is 3.11. The number of pyridine rings is 1. The van der Waals surface area contributed by atoms with Gasteiger partial charge >= 0.3 is 0 Å². The predicted octanol–water partition coefficient (Wildman–Crippen LogP) is 3.48. The first-order valence-corrected chi connectivity index (χ1v) is 8.41. The lowest BCUT2D eigenvalue weighted by molar-refractivity contribution is 0.509. The summed E-state index contributed by atoms with van der Waals surface area (Å²) in [7, 11) is 0. The molecule has 1 N–H and O–H groups in total. The van der Waals surface area contributed by atoms with Crippen LogP contribution in [0.15, 0.2) is 23.1 Å². The number of aryl methyl sites for hydroxylation is 2. The number of nitrogens with one attached hydrogen (secondary N) is 1. The Morgan fingerprint density at radius 2 is 2.27 bits per heavy atom. The normalized spacial score (nSPS) is 17.6. The summed E-state index contributed by atoms with van der Waals surface area (Å²) in [6, 6.07) is 3.87. The maximum atomic E-state index is 12.5. The van der Waals surface area contributed by atoms with Crippen molar-refractivity contribution in [3.05, 3.63) is 44.7 Å². The third-order valence-corrected chi connectivity index (χ3v) is 5.57. The van der Waals surface area contributed by atoms with Crippen LogP contribution in [-0.4, -0.2) is 15.0 Å². The van der Waals surface area contributed by atoms with E-state index < -0.39 is 0 Å². The highest BCUT2D eigenvalue weighted by molar-refractivity contribution is 7.18. The van der Waals surface area contributed by atoms with Crippen molar-refractivity contribution in [1.82, 2.24) is 15.0 Å². The van der Waals surface area contributed by atoms with E-state index in [0.717, 1.165) is 40.7 Å². The van der Waals surface area contributed by atoms with E-state index in [4.69, 9.17) is 0 Å². The number of fused-ring (bicyclic) bond motifs is 3. The molecule has 0 fully saturated rings. The Bertz CT molecular complexity index is 925. The SMILES string of the molecule is Cc1cccnc1-c1nc(=O)c2c3c(sc2[nH]1)CC(C)CC3. The van der Waals surface area contributed by atoms with Gasteiger partial charge in [-0.2, -0.15) is 4.98 Å². The molecule has 0 saturated carbocycles. The van der Waals surface area contributed by atoms with Gasteiger partial charge in [0, 0.05) is 11.1 Å². The molecule has 5 heteroatoms. The van der Waals surface area contributed by atoms with Gasteiger partial charge in [-0.1, -0.05) is 13.0 Å². The highest BCUT2D eigenvalue weighted by Crippen LogP contribution is 2.36. The first kappa shape index (κ1) is 13.6. The summed E-state index contributed by atoms with van der Waals surface area (Å²) in [5, 5.41) is 0.796. The maximum Gasteiger partial charge on any atom is 0.282 e. The van der Waals surface area contributed by atoms with E-state index in [1.165, 1.54) is 10.4 Å². The van der Waals surface area contributed by atoms with Crippen LogP contribution in [0.4, 0.5) is 0 Å². The molecule has 0 spiro atoms. The van der Waals surface area contributed by atoms with Gasteiger partial charge in [0.15, 0.2) is 5.82 Å². The highest BCUT2D eigenvalue weighted by Gasteiger charge is 2.23. The molecule has 112 valence electrons. The van der Waals surface area contributed by atoms with E-state index in [2.05, 4.69) is 21.9 Å². The molecule has 3 heterocycles. The molecule has 0 aromatic carbocycles. The number of rotatable bonds is 1. The topological polar surface area (TPSA) is 58.6 Å². The smallest absolute Gasteiger partial charge is 0.282 e. The number of H-pyrrole nitrogens is 1. The van der Waals surface area contributed by atoms with Crippen LogP contribution < -0.4 is 5.56 Å². The van der Waals surface area contributed by atoms with Crippen molar-refractivity contribution in [3.63, 3.8) is 0 Å². The molecule has 4 nitrogen and oxygen atoms in total. The minimum Gasteiger partial charge on any atom is -0.329 e. The summed E-state index contributed by atoms with van der Waals surface area (Å²) in [6.07, 6.45) is 4.94. The van der Waals surface area contributed by atoms with E-state index in [9.17, 15) is 4.79 Å². The summed E-state index contributed by atoms with van der Waals surface area (Å²) < 4.78 is 0. The molecular formula is C17H17N3OS. The monoisotopic (exact) mass is 311 g/mol. The average Bonchev–Trinajstić information content (AvgIpc) is 2.85. The zero-order valence-corrected chi connectivity index (χ0v) is 13.5. The van der Waals surface area contributed by atoms with E-state index in [1.54, 1.807) is 17.5 Å². The van der Waals surface area contributed by atoms with Crippen molar-refractivity contribution >= 4 is 21.6 Å². The second-order valence-corrected chi connectivity index (χ2v) is 7.22. The van der Waals surface area contributed by atoms with Gasteiger partial charge in [0.2, 0.25) is 0 Å². The second-order valence-electron chi connectivity index (χ2n) is 6.12. The highest BCUT2D eigenvalue weighted by atomic mass is 32.1. The molecule has 1 aliphatic carbocycles. The Morgan fingerprint density at radius 1 is 1.41 bits per heavy atom. The van der Waals surface area contributed by atoms with Crippen LogP contribution >= 0.6 is 11.3 Å². The van der Waals surface area contributed by atoms with Crippen LogP contribution in [0, 0.1) is 12.8 Å². The zero-order valence-electron chi connectivity index (χ0n) is 12.6. The fraction of sp³-hybridized carbons (Fsp3) is 0.353. The van der Waals surface area contributed by atoms with Gasteiger partial charge in [0.05, 0.1) is 5.39 Å². The maximum absolute atomic E-state index is 12.5. The van der Waals surface area contributed by atoms with Crippen molar-refractivity contribution in [2.45, 2.75) is 33.1 Å². The minimum atomic E-state index is -0.124. The van der Waals surface area contributed by atoms with E-state index in [-0.39, 0.29) is 5.56 Å². The van der Waals surface area contributed by atoms with Crippen molar-refractivity contribution in [3.8, 4) is 11.5 Å². The number of thiophene rings is 1. The fourth-order valence-corrected chi connectivity index (χ4v) is 4.61. The van der Waals surface area contributed by atoms with Gasteiger partial charge in [-0.3, -0.25) is 9.78 Å². The Hall–Kier alpha value is -2.01. The van der Waals surface area contributed by atoms with Gasteiger partial charge in [0.1, 0.15) is 10.5 Å². The molecule has 0 aliphatic heterocycles. The third-order valence-electron chi connectivity index (χ3n) is 4.40. The number of hydrogen-bond donors (Lipinski definition) is 1. The van der Waals surface area contributed by atoms with Gasteiger partial charge in [-0.25, -0.2) is 0 Å². The van der Waals surface area contributed by atoms with Crippen molar-refractivity contribution in [2.24, 2.45) is 5.92 Å². The molecule has 4 rings (SSSR count). The number of aromatic amines is 1. The predicted molar refractivity (Wildman–Crippen MR) is 89.4 cm³/mol. The van der Waals surface area contributed by atoms with Crippen LogP contribution in [0.2, 0.25) is 0 Å². The Balaban J connectivity index is 1.95. The molecular weight excluding hydrogens is 294 g/mol. The number of nitrogens with zero attached hydrogens (tertiary/aromatic N) is 2. The Morgan fingerprint density at radius 3 is 3.09 bits per heavy atom. The van der Waals surface area contributed by atoms with E-state index >= 15 is 0 Å². The van der Waals surface area contributed by atoms with Gasteiger partial charge < -0.3 is 4.98 Å². The third kappa shape index (κ3) is 2.08. The summed E-state index contributed by atoms with van der Waals surface area (Å²) >= 11 is 1.71. The summed E-state index contributed by atoms with van der Waals surface area (Å²) in [6.45, 7) is 4.25. The molecule has 0 amide bonds. The van der Waals surface area contributed by atoms with Crippen molar-refractivity contribution in [2.75, 3.05) is 0 Å². The first-order valence-electron chi connectivity index (χ1n) is 7.60.